The zero-order valence-electron chi connectivity index (χ0n) is 15.6. The van der Waals surface area contributed by atoms with E-state index in [-0.39, 0.29) is 5.91 Å². The number of nitrogens with zero attached hydrogens (tertiary/aromatic N) is 1. The Morgan fingerprint density at radius 1 is 1.00 bits per heavy atom. The molecule has 2 aliphatic rings. The van der Waals surface area contributed by atoms with Crippen molar-refractivity contribution in [1.29, 1.82) is 0 Å². The van der Waals surface area contributed by atoms with Crippen molar-refractivity contribution in [3.05, 3.63) is 59.2 Å². The fourth-order valence-corrected chi connectivity index (χ4v) is 4.53. The molecular weight excluding hydrogens is 334 g/mol. The maximum Gasteiger partial charge on any atom is 0.251 e. The number of likely N-dealkylation sites (tertiary alicyclic amines) is 1. The van der Waals surface area contributed by atoms with E-state index < -0.39 is 0 Å². The van der Waals surface area contributed by atoms with Crippen molar-refractivity contribution >= 4 is 16.8 Å². The van der Waals surface area contributed by atoms with Crippen molar-refractivity contribution in [2.24, 2.45) is 0 Å². The number of H-pyrrole nitrogens is 1. The minimum atomic E-state index is 0.0298. The van der Waals surface area contributed by atoms with Crippen LogP contribution in [0.1, 0.15) is 34.3 Å². The number of hydrogen-bond donors (Lipinski definition) is 2. The monoisotopic (exact) mass is 359 g/mol. The molecule has 1 saturated heterocycles. The Hall–Kier alpha value is -2.59. The van der Waals surface area contributed by atoms with Gasteiger partial charge < -0.3 is 15.2 Å². The second kappa shape index (κ2) is 6.86. The van der Waals surface area contributed by atoms with Gasteiger partial charge in [-0.3, -0.25) is 4.79 Å². The van der Waals surface area contributed by atoms with Crippen molar-refractivity contribution in [3.63, 3.8) is 0 Å². The molecule has 0 bridgehead atoms. The van der Waals surface area contributed by atoms with Gasteiger partial charge in [-0.1, -0.05) is 30.3 Å². The Balaban J connectivity index is 1.45. The van der Waals surface area contributed by atoms with Gasteiger partial charge in [0.2, 0.25) is 0 Å². The minimum absolute atomic E-state index is 0.0298. The summed E-state index contributed by atoms with van der Waals surface area (Å²) in [5.41, 5.74) is 6.83. The van der Waals surface area contributed by atoms with E-state index in [1.54, 1.807) is 0 Å². The highest BCUT2D eigenvalue weighted by molar-refractivity contribution is 6.10. The molecule has 1 fully saturated rings. The maximum atomic E-state index is 12.3. The molecular formula is C23H25N3O. The second-order valence-corrected chi connectivity index (χ2v) is 7.71. The van der Waals surface area contributed by atoms with Gasteiger partial charge in [0.1, 0.15) is 0 Å². The third-order valence-electron chi connectivity index (χ3n) is 5.99. The van der Waals surface area contributed by atoms with Crippen molar-refractivity contribution < 1.29 is 4.79 Å². The van der Waals surface area contributed by atoms with Crippen molar-refractivity contribution in [3.8, 4) is 11.3 Å². The number of carbonyl (C=O) groups is 1. The molecule has 3 heterocycles. The summed E-state index contributed by atoms with van der Waals surface area (Å²) in [6.07, 6.45) is 4.67. The smallest absolute Gasteiger partial charge is 0.251 e. The van der Waals surface area contributed by atoms with Crippen LogP contribution >= 0.6 is 0 Å². The molecule has 1 amide bonds. The second-order valence-electron chi connectivity index (χ2n) is 7.71. The molecule has 27 heavy (non-hydrogen) atoms. The van der Waals surface area contributed by atoms with Crippen LogP contribution in [-0.4, -0.2) is 42.0 Å². The molecule has 4 heteroatoms. The molecule has 1 aromatic heterocycles. The zero-order chi connectivity index (χ0) is 18.2. The average Bonchev–Trinajstić information content (AvgIpc) is 3.30. The van der Waals surface area contributed by atoms with Crippen LogP contribution in [0.5, 0.6) is 0 Å². The van der Waals surface area contributed by atoms with Crippen LogP contribution in [0, 0.1) is 0 Å². The van der Waals surface area contributed by atoms with E-state index >= 15 is 0 Å². The fraction of sp³-hybridized carbons (Fsp3) is 0.348. The lowest BCUT2D eigenvalue weighted by Gasteiger charge is -2.14. The van der Waals surface area contributed by atoms with Gasteiger partial charge in [0.15, 0.2) is 0 Å². The third kappa shape index (κ3) is 3.04. The predicted molar refractivity (Wildman–Crippen MR) is 109 cm³/mol. The molecule has 3 aromatic rings. The van der Waals surface area contributed by atoms with E-state index in [4.69, 9.17) is 0 Å². The molecule has 0 atom stereocenters. The van der Waals surface area contributed by atoms with Gasteiger partial charge in [0.25, 0.3) is 5.91 Å². The van der Waals surface area contributed by atoms with E-state index in [9.17, 15) is 4.79 Å². The van der Waals surface area contributed by atoms with Crippen molar-refractivity contribution in [2.75, 3.05) is 26.2 Å². The predicted octanol–water partition coefficient (Wildman–Crippen LogP) is 3.76. The summed E-state index contributed by atoms with van der Waals surface area (Å²) in [5.74, 6) is 0.0298. The molecule has 0 radical (unpaired) electrons. The summed E-state index contributed by atoms with van der Waals surface area (Å²) >= 11 is 0. The quantitative estimate of drug-likeness (QED) is 0.745. The fourth-order valence-electron chi connectivity index (χ4n) is 4.53. The van der Waals surface area contributed by atoms with Crippen LogP contribution in [0.2, 0.25) is 0 Å². The van der Waals surface area contributed by atoms with Crippen LogP contribution < -0.4 is 5.32 Å². The molecule has 2 aliphatic heterocycles. The Morgan fingerprint density at radius 2 is 1.81 bits per heavy atom. The number of hydrogen-bond acceptors (Lipinski definition) is 2. The SMILES string of the molecule is O=C1NCCc2c(-c3ccc(CCN4CCCC4)cc3)[nH]c3cccc1c23. The Bertz CT molecular complexity index is 981. The van der Waals surface area contributed by atoms with E-state index in [1.807, 2.05) is 12.1 Å². The van der Waals surface area contributed by atoms with Gasteiger partial charge >= 0.3 is 0 Å². The van der Waals surface area contributed by atoms with Crippen LogP contribution in [0.25, 0.3) is 22.2 Å². The topological polar surface area (TPSA) is 48.1 Å². The van der Waals surface area contributed by atoms with Crippen LogP contribution in [0.3, 0.4) is 0 Å². The third-order valence-corrected chi connectivity index (χ3v) is 5.99. The Kier molecular flexibility index (Phi) is 4.21. The van der Waals surface area contributed by atoms with Gasteiger partial charge in [-0.15, -0.1) is 0 Å². The largest absolute Gasteiger partial charge is 0.354 e. The average molecular weight is 359 g/mol. The number of aromatic amines is 1. The molecule has 5 rings (SSSR count). The van der Waals surface area contributed by atoms with Gasteiger partial charge in [-0.05, 0) is 67.6 Å². The summed E-state index contributed by atoms with van der Waals surface area (Å²) in [6, 6.07) is 14.9. The highest BCUT2D eigenvalue weighted by atomic mass is 16.1. The first-order valence-electron chi connectivity index (χ1n) is 10.0. The van der Waals surface area contributed by atoms with Gasteiger partial charge in [-0.2, -0.15) is 0 Å². The van der Waals surface area contributed by atoms with Crippen molar-refractivity contribution in [1.82, 2.24) is 15.2 Å². The lowest BCUT2D eigenvalue weighted by molar-refractivity contribution is 0.0957. The first-order valence-corrected chi connectivity index (χ1v) is 10.0. The number of rotatable bonds is 4. The summed E-state index contributed by atoms with van der Waals surface area (Å²) in [6.45, 7) is 4.35. The van der Waals surface area contributed by atoms with E-state index in [2.05, 4.69) is 45.5 Å². The Morgan fingerprint density at radius 3 is 2.63 bits per heavy atom. The lowest BCUT2D eigenvalue weighted by atomic mass is 9.99. The van der Waals surface area contributed by atoms with E-state index in [0.717, 1.165) is 41.5 Å². The normalized spacial score (nSPS) is 17.3. The molecule has 0 aliphatic carbocycles. The van der Waals surface area contributed by atoms with Crippen LogP contribution in [0.15, 0.2) is 42.5 Å². The molecule has 2 N–H and O–H groups in total. The molecule has 0 spiro atoms. The maximum absolute atomic E-state index is 12.3. The van der Waals surface area contributed by atoms with E-state index in [1.165, 1.54) is 42.6 Å². The van der Waals surface area contributed by atoms with Gasteiger partial charge in [-0.25, -0.2) is 0 Å². The summed E-state index contributed by atoms with van der Waals surface area (Å²) in [5, 5.41) is 4.10. The van der Waals surface area contributed by atoms with Gasteiger partial charge in [0, 0.05) is 35.2 Å². The minimum Gasteiger partial charge on any atom is -0.354 e. The number of nitrogens with one attached hydrogen (secondary N) is 2. The van der Waals surface area contributed by atoms with Crippen LogP contribution in [0.4, 0.5) is 0 Å². The highest BCUT2D eigenvalue weighted by Gasteiger charge is 2.22. The number of benzene rings is 2. The molecule has 138 valence electrons. The number of amides is 1. The summed E-state index contributed by atoms with van der Waals surface area (Å²) in [7, 11) is 0. The molecule has 0 unspecified atom stereocenters. The van der Waals surface area contributed by atoms with Crippen LogP contribution in [-0.2, 0) is 12.8 Å². The Labute approximate surface area is 159 Å². The van der Waals surface area contributed by atoms with Crippen molar-refractivity contribution in [2.45, 2.75) is 25.7 Å². The lowest BCUT2D eigenvalue weighted by Crippen LogP contribution is -2.23. The van der Waals surface area contributed by atoms with E-state index in [0.29, 0.717) is 6.54 Å². The molecule has 0 saturated carbocycles. The highest BCUT2D eigenvalue weighted by Crippen LogP contribution is 2.34. The standard InChI is InChI=1S/C23H25N3O/c27-23-19-4-3-5-20-21(19)18(10-12-24-23)22(25-20)17-8-6-16(7-9-17)11-15-26-13-1-2-14-26/h3-9,25H,1-2,10-15H2,(H,24,27). The first-order chi connectivity index (χ1) is 13.3. The van der Waals surface area contributed by atoms with Gasteiger partial charge in [0.05, 0.1) is 0 Å². The molecule has 2 aromatic carbocycles. The first kappa shape index (κ1) is 16.6. The summed E-state index contributed by atoms with van der Waals surface area (Å²) < 4.78 is 0. The molecule has 4 nitrogen and oxygen atoms in total. The summed E-state index contributed by atoms with van der Waals surface area (Å²) in [4.78, 5) is 18.5. The number of aromatic nitrogens is 1. The number of carbonyl (C=O) groups excluding carboxylic acids is 1. The zero-order valence-corrected chi connectivity index (χ0v) is 15.6.